The Bertz CT molecular complexity index is 1390. The highest BCUT2D eigenvalue weighted by Crippen LogP contribution is 2.33. The Kier molecular flexibility index (Phi) is 8.12. The number of nitrogens with one attached hydrogen (secondary N) is 2. The van der Waals surface area contributed by atoms with Gasteiger partial charge in [0, 0.05) is 55.4 Å². The predicted molar refractivity (Wildman–Crippen MR) is 160 cm³/mol. The first-order valence-electron chi connectivity index (χ1n) is 14.6. The summed E-state index contributed by atoms with van der Waals surface area (Å²) in [4.78, 5) is 45.6. The van der Waals surface area contributed by atoms with E-state index in [0.717, 1.165) is 47.5 Å². The van der Waals surface area contributed by atoms with Crippen LogP contribution in [0.15, 0.2) is 42.9 Å². The fourth-order valence-electron chi connectivity index (χ4n) is 5.18. The highest BCUT2D eigenvalue weighted by molar-refractivity contribution is 5.70. The lowest BCUT2D eigenvalue weighted by Gasteiger charge is -2.27. The van der Waals surface area contributed by atoms with Gasteiger partial charge in [-0.2, -0.15) is 0 Å². The molecule has 2 atom stereocenters. The number of carbonyl (C=O) groups is 2. The maximum Gasteiger partial charge on any atom is 0.410 e. The van der Waals surface area contributed by atoms with E-state index in [1.165, 1.54) is 0 Å². The minimum atomic E-state index is -0.538. The number of carbonyl (C=O) groups excluding carboxylic acids is 2. The molecule has 2 amide bonds. The molecule has 224 valence electrons. The van der Waals surface area contributed by atoms with Crippen molar-refractivity contribution in [2.75, 3.05) is 25.0 Å². The Labute approximate surface area is 247 Å². The minimum absolute atomic E-state index is 0.0711. The Morgan fingerprint density at radius 1 is 0.881 bits per heavy atom. The van der Waals surface area contributed by atoms with Crippen molar-refractivity contribution in [3.63, 3.8) is 0 Å². The van der Waals surface area contributed by atoms with E-state index in [9.17, 15) is 9.59 Å². The second kappa shape index (κ2) is 11.6. The zero-order valence-electron chi connectivity index (χ0n) is 25.3. The third-order valence-electron chi connectivity index (χ3n) is 7.13. The molecular formula is C31H41N7O4. The molecule has 2 saturated heterocycles. The quantitative estimate of drug-likeness (QED) is 0.378. The number of hydrogen-bond acceptors (Lipinski definition) is 8. The van der Waals surface area contributed by atoms with Gasteiger partial charge in [-0.15, -0.1) is 0 Å². The molecule has 0 aliphatic carbocycles. The van der Waals surface area contributed by atoms with Crippen molar-refractivity contribution in [3.05, 3.63) is 48.7 Å². The molecular weight excluding hydrogens is 534 g/mol. The molecule has 5 rings (SSSR count). The Morgan fingerprint density at radius 2 is 1.52 bits per heavy atom. The molecule has 2 aliphatic heterocycles. The molecule has 3 aromatic rings. The van der Waals surface area contributed by atoms with Gasteiger partial charge in [0.05, 0.1) is 11.7 Å². The average Bonchev–Trinajstić information content (AvgIpc) is 3.68. The van der Waals surface area contributed by atoms with Gasteiger partial charge in [0.25, 0.3) is 0 Å². The first-order chi connectivity index (χ1) is 19.8. The SMILES string of the molecule is CC(C)(C)OC(=O)N1CCC(Nc2ncc(-c3ccc(-c4c[nH]c([C@@H]5CCCN5C(=O)OC(C)(C)C)n4)cc3)cn2)C1. The molecule has 1 unspecified atom stereocenters. The Hall–Kier alpha value is -4.15. The number of aromatic nitrogens is 4. The molecule has 0 spiro atoms. The van der Waals surface area contributed by atoms with Crippen LogP contribution in [0.25, 0.3) is 22.4 Å². The smallest absolute Gasteiger partial charge is 0.410 e. The van der Waals surface area contributed by atoms with Crippen LogP contribution in [-0.2, 0) is 9.47 Å². The first-order valence-corrected chi connectivity index (χ1v) is 14.6. The summed E-state index contributed by atoms with van der Waals surface area (Å²) in [5, 5.41) is 3.33. The van der Waals surface area contributed by atoms with Crippen molar-refractivity contribution in [1.29, 1.82) is 0 Å². The van der Waals surface area contributed by atoms with Crippen molar-refractivity contribution in [2.45, 2.75) is 84.1 Å². The van der Waals surface area contributed by atoms with Crippen LogP contribution in [0, 0.1) is 0 Å². The second-order valence-corrected chi connectivity index (χ2v) is 12.9. The van der Waals surface area contributed by atoms with Gasteiger partial charge in [-0.1, -0.05) is 24.3 Å². The van der Waals surface area contributed by atoms with Crippen LogP contribution in [0.1, 0.15) is 72.7 Å². The summed E-state index contributed by atoms with van der Waals surface area (Å²) in [5.41, 5.74) is 2.63. The van der Waals surface area contributed by atoms with Crippen LogP contribution in [0.2, 0.25) is 0 Å². The number of ether oxygens (including phenoxy) is 2. The molecule has 11 heteroatoms. The fourth-order valence-corrected chi connectivity index (χ4v) is 5.18. The Balaban J connectivity index is 1.18. The van der Waals surface area contributed by atoms with Gasteiger partial charge < -0.3 is 24.7 Å². The monoisotopic (exact) mass is 575 g/mol. The number of likely N-dealkylation sites (tertiary alicyclic amines) is 2. The van der Waals surface area contributed by atoms with E-state index in [1.54, 1.807) is 22.2 Å². The number of hydrogen-bond donors (Lipinski definition) is 2. The van der Waals surface area contributed by atoms with Crippen LogP contribution >= 0.6 is 0 Å². The van der Waals surface area contributed by atoms with Crippen LogP contribution in [-0.4, -0.2) is 78.8 Å². The van der Waals surface area contributed by atoms with Crippen molar-refractivity contribution in [2.24, 2.45) is 0 Å². The van der Waals surface area contributed by atoms with Crippen molar-refractivity contribution in [3.8, 4) is 22.4 Å². The molecule has 2 aromatic heterocycles. The molecule has 2 N–H and O–H groups in total. The molecule has 1 aromatic carbocycles. The molecule has 4 heterocycles. The number of aromatic amines is 1. The van der Waals surface area contributed by atoms with Crippen LogP contribution in [0.3, 0.4) is 0 Å². The molecule has 11 nitrogen and oxygen atoms in total. The number of rotatable bonds is 5. The highest BCUT2D eigenvalue weighted by atomic mass is 16.6. The van der Waals surface area contributed by atoms with E-state index in [-0.39, 0.29) is 24.3 Å². The van der Waals surface area contributed by atoms with Crippen molar-refractivity contribution >= 4 is 18.1 Å². The van der Waals surface area contributed by atoms with Crippen LogP contribution < -0.4 is 5.32 Å². The maximum absolute atomic E-state index is 12.7. The van der Waals surface area contributed by atoms with Gasteiger partial charge >= 0.3 is 12.2 Å². The number of nitrogens with zero attached hydrogens (tertiary/aromatic N) is 5. The van der Waals surface area contributed by atoms with Gasteiger partial charge in [-0.05, 0) is 66.4 Å². The highest BCUT2D eigenvalue weighted by Gasteiger charge is 2.35. The Morgan fingerprint density at radius 3 is 2.19 bits per heavy atom. The number of benzene rings is 1. The second-order valence-electron chi connectivity index (χ2n) is 12.9. The lowest BCUT2D eigenvalue weighted by Crippen LogP contribution is -2.36. The van der Waals surface area contributed by atoms with E-state index in [2.05, 4.69) is 20.3 Å². The lowest BCUT2D eigenvalue weighted by atomic mass is 10.1. The lowest BCUT2D eigenvalue weighted by molar-refractivity contribution is 0.0217. The normalized spacial score (nSPS) is 19.2. The molecule has 0 bridgehead atoms. The molecule has 0 saturated carbocycles. The summed E-state index contributed by atoms with van der Waals surface area (Å²) in [7, 11) is 0. The molecule has 0 radical (unpaired) electrons. The summed E-state index contributed by atoms with van der Waals surface area (Å²) < 4.78 is 11.1. The average molecular weight is 576 g/mol. The summed E-state index contributed by atoms with van der Waals surface area (Å²) in [5.74, 6) is 1.30. The van der Waals surface area contributed by atoms with E-state index < -0.39 is 11.2 Å². The largest absolute Gasteiger partial charge is 0.444 e. The third-order valence-corrected chi connectivity index (χ3v) is 7.13. The summed E-state index contributed by atoms with van der Waals surface area (Å²) in [6.45, 7) is 13.1. The van der Waals surface area contributed by atoms with Gasteiger partial charge in [0.2, 0.25) is 5.95 Å². The number of anilines is 1. The topological polar surface area (TPSA) is 126 Å². The first kappa shape index (κ1) is 29.3. The fraction of sp³-hybridized carbons (Fsp3) is 0.516. The van der Waals surface area contributed by atoms with Crippen LogP contribution in [0.5, 0.6) is 0 Å². The third kappa shape index (κ3) is 7.18. The van der Waals surface area contributed by atoms with Gasteiger partial charge in [-0.25, -0.2) is 24.5 Å². The number of imidazole rings is 1. The zero-order valence-corrected chi connectivity index (χ0v) is 25.3. The molecule has 42 heavy (non-hydrogen) atoms. The van der Waals surface area contributed by atoms with E-state index >= 15 is 0 Å². The standard InChI is InChI=1S/C31H41N7O4/c1-30(2,3)41-28(39)37-15-13-23(19-37)35-27-33-16-22(17-34-27)20-9-11-21(12-10-20)24-18-32-26(36-24)25-8-7-14-38(25)29(40)42-31(4,5)6/h9-12,16-18,23,25H,7-8,13-15,19H2,1-6H3,(H,32,36)(H,33,34,35)/t23?,25-/m0/s1. The van der Waals surface area contributed by atoms with Gasteiger partial charge in [0.15, 0.2) is 0 Å². The summed E-state index contributed by atoms with van der Waals surface area (Å²) in [6.07, 6.45) is 7.44. The molecule has 2 aliphatic rings. The van der Waals surface area contributed by atoms with Crippen molar-refractivity contribution < 1.29 is 19.1 Å². The predicted octanol–water partition coefficient (Wildman–Crippen LogP) is 6.03. The van der Waals surface area contributed by atoms with Crippen LogP contribution in [0.4, 0.5) is 15.5 Å². The van der Waals surface area contributed by atoms with E-state index in [1.807, 2.05) is 72.0 Å². The summed E-state index contributed by atoms with van der Waals surface area (Å²) in [6, 6.07) is 8.03. The zero-order chi connectivity index (χ0) is 30.1. The van der Waals surface area contributed by atoms with E-state index in [4.69, 9.17) is 14.5 Å². The van der Waals surface area contributed by atoms with E-state index in [0.29, 0.717) is 25.6 Å². The minimum Gasteiger partial charge on any atom is -0.444 e. The molecule has 2 fully saturated rings. The summed E-state index contributed by atoms with van der Waals surface area (Å²) >= 11 is 0. The van der Waals surface area contributed by atoms with Gasteiger partial charge in [-0.3, -0.25) is 4.90 Å². The maximum atomic E-state index is 12.7. The number of H-pyrrole nitrogens is 1. The number of amides is 2. The van der Waals surface area contributed by atoms with Crippen molar-refractivity contribution in [1.82, 2.24) is 29.7 Å². The van der Waals surface area contributed by atoms with Gasteiger partial charge in [0.1, 0.15) is 17.0 Å².